The van der Waals surface area contributed by atoms with Crippen molar-refractivity contribution in [1.82, 2.24) is 15.0 Å². The first-order chi connectivity index (χ1) is 21.5. The minimum atomic E-state index is -0.772. The molecule has 7 nitrogen and oxygen atoms in total. The molecule has 212 valence electrons. The van der Waals surface area contributed by atoms with Crippen molar-refractivity contribution >= 4 is 10.8 Å². The van der Waals surface area contributed by atoms with E-state index < -0.39 is 23.0 Å². The van der Waals surface area contributed by atoms with Crippen LogP contribution in [0, 0.1) is 0 Å². The number of phenols is 4. The molecular formula is C37H25N3O4. The van der Waals surface area contributed by atoms with Gasteiger partial charge in [-0.15, -0.1) is 0 Å². The summed E-state index contributed by atoms with van der Waals surface area (Å²) in [5.74, 6) is -2.65. The Hall–Kier alpha value is -6.21. The van der Waals surface area contributed by atoms with Crippen LogP contribution in [0.25, 0.3) is 66.9 Å². The lowest BCUT2D eigenvalue weighted by atomic mass is 9.96. The Morgan fingerprint density at radius 3 is 1.95 bits per heavy atom. The first-order valence-corrected chi connectivity index (χ1v) is 13.9. The molecule has 0 bridgehead atoms. The fourth-order valence-electron chi connectivity index (χ4n) is 5.40. The molecule has 0 fully saturated rings. The van der Waals surface area contributed by atoms with Crippen molar-refractivity contribution in [2.45, 2.75) is 0 Å². The lowest BCUT2D eigenvalue weighted by Gasteiger charge is -2.13. The van der Waals surface area contributed by atoms with Crippen molar-refractivity contribution in [3.05, 3.63) is 128 Å². The van der Waals surface area contributed by atoms with Crippen molar-refractivity contribution in [3.8, 4) is 79.2 Å². The average molecular weight is 576 g/mol. The van der Waals surface area contributed by atoms with E-state index in [1.807, 2.05) is 84.9 Å². The summed E-state index contributed by atoms with van der Waals surface area (Å²) in [5, 5.41) is 43.9. The van der Waals surface area contributed by atoms with E-state index in [4.69, 9.17) is 4.98 Å². The van der Waals surface area contributed by atoms with Gasteiger partial charge in [-0.1, -0.05) is 91.0 Å². The maximum atomic E-state index is 10.7. The molecule has 0 atom stereocenters. The fourth-order valence-corrected chi connectivity index (χ4v) is 5.40. The molecule has 2 aromatic heterocycles. The number of aromatic hydroxyl groups is 4. The number of benzene rings is 5. The molecule has 7 aromatic rings. The van der Waals surface area contributed by atoms with Crippen LogP contribution < -0.4 is 0 Å². The average Bonchev–Trinajstić information content (AvgIpc) is 3.07. The van der Waals surface area contributed by atoms with Crippen molar-refractivity contribution in [2.75, 3.05) is 0 Å². The number of rotatable bonds is 5. The quantitative estimate of drug-likeness (QED) is 0.121. The predicted octanol–water partition coefficient (Wildman–Crippen LogP) is 8.18. The molecule has 2 heterocycles. The van der Waals surface area contributed by atoms with Crippen LogP contribution in [-0.2, 0) is 0 Å². The Labute approximate surface area is 252 Å². The van der Waals surface area contributed by atoms with Crippen LogP contribution in [0.15, 0.2) is 128 Å². The molecule has 0 aliphatic rings. The van der Waals surface area contributed by atoms with Gasteiger partial charge in [0.05, 0.1) is 11.4 Å². The van der Waals surface area contributed by atoms with Crippen LogP contribution >= 0.6 is 0 Å². The smallest absolute Gasteiger partial charge is 0.201 e. The van der Waals surface area contributed by atoms with Gasteiger partial charge in [-0.25, -0.2) is 9.97 Å². The minimum Gasteiger partial charge on any atom is -0.507 e. The molecule has 0 aliphatic carbocycles. The summed E-state index contributed by atoms with van der Waals surface area (Å²) < 4.78 is 0. The monoisotopic (exact) mass is 575 g/mol. The van der Waals surface area contributed by atoms with Gasteiger partial charge < -0.3 is 20.4 Å². The number of hydrogen-bond acceptors (Lipinski definition) is 7. The lowest BCUT2D eigenvalue weighted by molar-refractivity contribution is 0.362. The fraction of sp³-hybridized carbons (Fsp3) is 0. The first-order valence-electron chi connectivity index (χ1n) is 13.9. The molecule has 0 radical (unpaired) electrons. The summed E-state index contributed by atoms with van der Waals surface area (Å²) in [4.78, 5) is 13.6. The maximum Gasteiger partial charge on any atom is 0.201 e. The highest BCUT2D eigenvalue weighted by Gasteiger charge is 2.22. The van der Waals surface area contributed by atoms with Crippen LogP contribution in [0.2, 0.25) is 0 Å². The van der Waals surface area contributed by atoms with Crippen molar-refractivity contribution < 1.29 is 20.4 Å². The number of phenolic OH excluding ortho intramolecular Hbond substituents is 4. The Morgan fingerprint density at radius 2 is 1.16 bits per heavy atom. The summed E-state index contributed by atoms with van der Waals surface area (Å²) in [5.41, 5.74) is 6.45. The first kappa shape index (κ1) is 26.7. The van der Waals surface area contributed by atoms with E-state index in [9.17, 15) is 20.4 Å². The van der Waals surface area contributed by atoms with Crippen LogP contribution in [0.5, 0.6) is 23.0 Å². The van der Waals surface area contributed by atoms with Crippen LogP contribution in [-0.4, -0.2) is 35.4 Å². The molecular weight excluding hydrogens is 550 g/mol. The van der Waals surface area contributed by atoms with Gasteiger partial charge in [0.25, 0.3) is 0 Å². The summed E-state index contributed by atoms with van der Waals surface area (Å²) >= 11 is 0. The zero-order chi connectivity index (χ0) is 30.2. The van der Waals surface area contributed by atoms with Gasteiger partial charge in [0.2, 0.25) is 5.75 Å². The van der Waals surface area contributed by atoms with E-state index in [0.29, 0.717) is 11.4 Å². The SMILES string of the molecule is Oc1cc(O)c(-c2nc(-c3ccc(-c4cccc5ccccc45)cc3)cc(-c3cccc(-c4cccnc4)c3)n2)c(O)c1O. The zero-order valence-electron chi connectivity index (χ0n) is 23.3. The standard InChI is InChI=1S/C37H25N3O4/c41-32-20-33(42)35(43)36(44)34(32)37-39-30(19-31(40-37)26-9-3-8-25(18-26)27-10-5-17-38-21-27)24-15-13-23(14-16-24)29-12-4-7-22-6-1-2-11-28(22)29/h1-21,41-44H. The number of hydrogen-bond donors (Lipinski definition) is 4. The number of fused-ring (bicyclic) bond motifs is 1. The summed E-state index contributed by atoms with van der Waals surface area (Å²) in [6, 6.07) is 36.9. The number of nitrogens with zero attached hydrogens (tertiary/aromatic N) is 3. The Kier molecular flexibility index (Phi) is 6.60. The molecule has 7 heteroatoms. The van der Waals surface area contributed by atoms with E-state index >= 15 is 0 Å². The minimum absolute atomic E-state index is 0.0206. The van der Waals surface area contributed by atoms with Gasteiger partial charge in [0.1, 0.15) is 11.3 Å². The van der Waals surface area contributed by atoms with Gasteiger partial charge in [0, 0.05) is 35.2 Å². The normalized spacial score (nSPS) is 11.1. The van der Waals surface area contributed by atoms with Crippen LogP contribution in [0.3, 0.4) is 0 Å². The second kappa shape index (κ2) is 10.9. The van der Waals surface area contributed by atoms with Gasteiger partial charge in [-0.05, 0) is 45.7 Å². The third-order valence-corrected chi connectivity index (χ3v) is 7.62. The Morgan fingerprint density at radius 1 is 0.477 bits per heavy atom. The van der Waals surface area contributed by atoms with Crippen molar-refractivity contribution in [1.29, 1.82) is 0 Å². The maximum absolute atomic E-state index is 10.7. The molecule has 0 aliphatic heterocycles. The Balaban J connectivity index is 1.38. The molecule has 4 N–H and O–H groups in total. The molecule has 0 unspecified atom stereocenters. The van der Waals surface area contributed by atoms with Crippen LogP contribution in [0.1, 0.15) is 0 Å². The van der Waals surface area contributed by atoms with Gasteiger partial charge in [-0.3, -0.25) is 4.98 Å². The molecule has 0 saturated heterocycles. The van der Waals surface area contributed by atoms with E-state index in [1.54, 1.807) is 12.4 Å². The topological polar surface area (TPSA) is 120 Å². The molecule has 7 rings (SSSR count). The summed E-state index contributed by atoms with van der Waals surface area (Å²) in [6.07, 6.45) is 3.50. The van der Waals surface area contributed by atoms with Crippen LogP contribution in [0.4, 0.5) is 0 Å². The highest BCUT2D eigenvalue weighted by Crippen LogP contribution is 2.47. The van der Waals surface area contributed by atoms with Gasteiger partial charge in [-0.2, -0.15) is 0 Å². The predicted molar refractivity (Wildman–Crippen MR) is 171 cm³/mol. The summed E-state index contributed by atoms with van der Waals surface area (Å²) in [6.45, 7) is 0. The van der Waals surface area contributed by atoms with Gasteiger partial charge >= 0.3 is 0 Å². The Bertz CT molecular complexity index is 2160. The zero-order valence-corrected chi connectivity index (χ0v) is 23.3. The molecule has 5 aromatic carbocycles. The van der Waals surface area contributed by atoms with Crippen molar-refractivity contribution in [2.24, 2.45) is 0 Å². The largest absolute Gasteiger partial charge is 0.507 e. The highest BCUT2D eigenvalue weighted by atomic mass is 16.3. The number of pyridine rings is 1. The van der Waals surface area contributed by atoms with E-state index in [1.165, 1.54) is 0 Å². The summed E-state index contributed by atoms with van der Waals surface area (Å²) in [7, 11) is 0. The molecule has 0 saturated carbocycles. The van der Waals surface area contributed by atoms with E-state index in [2.05, 4.69) is 34.2 Å². The third kappa shape index (κ3) is 4.82. The second-order valence-electron chi connectivity index (χ2n) is 10.4. The lowest BCUT2D eigenvalue weighted by Crippen LogP contribution is -1.97. The van der Waals surface area contributed by atoms with Gasteiger partial charge in [0.15, 0.2) is 17.3 Å². The number of aromatic nitrogens is 3. The van der Waals surface area contributed by atoms with Crippen molar-refractivity contribution in [3.63, 3.8) is 0 Å². The second-order valence-corrected chi connectivity index (χ2v) is 10.4. The molecule has 0 spiro atoms. The van der Waals surface area contributed by atoms with E-state index in [-0.39, 0.29) is 11.4 Å². The third-order valence-electron chi connectivity index (χ3n) is 7.62. The highest BCUT2D eigenvalue weighted by molar-refractivity contribution is 5.97. The molecule has 44 heavy (non-hydrogen) atoms. The van der Waals surface area contributed by atoms with E-state index in [0.717, 1.165) is 50.2 Å². The molecule has 0 amide bonds.